The van der Waals surface area contributed by atoms with Gasteiger partial charge in [-0.25, -0.2) is 0 Å². The monoisotopic (exact) mass is 284 g/mol. The fourth-order valence-electron chi connectivity index (χ4n) is 4.45. The number of benzene rings is 2. The number of hydrogen-bond donors (Lipinski definition) is 0. The third-order valence-electron chi connectivity index (χ3n) is 5.63. The number of aryl methyl sites for hydroxylation is 4. The smallest absolute Gasteiger partial charge is 0.00853 e. The lowest BCUT2D eigenvalue weighted by Gasteiger charge is -2.18. The van der Waals surface area contributed by atoms with Gasteiger partial charge in [-0.2, -0.15) is 0 Å². The Kier molecular flexibility index (Phi) is 2.67. The first-order valence-corrected chi connectivity index (χ1v) is 8.50. The average Bonchev–Trinajstić information content (AvgIpc) is 3.18. The SMILES string of the molecule is C1=Cc2c3ccc(c2C1)CCc1ccc(c2c1CC=C2)CC3. The maximum Gasteiger partial charge on any atom is -0.00853 e. The Morgan fingerprint density at radius 2 is 0.909 bits per heavy atom. The van der Waals surface area contributed by atoms with Gasteiger partial charge in [-0.1, -0.05) is 48.6 Å². The molecule has 2 aromatic carbocycles. The van der Waals surface area contributed by atoms with E-state index in [9.17, 15) is 0 Å². The molecule has 0 heteroatoms. The van der Waals surface area contributed by atoms with Gasteiger partial charge in [0, 0.05) is 0 Å². The Bertz CT molecular complexity index is 762. The van der Waals surface area contributed by atoms with E-state index in [1.165, 1.54) is 35.1 Å². The molecule has 4 aliphatic carbocycles. The molecule has 0 spiro atoms. The molecular formula is C22H20. The van der Waals surface area contributed by atoms with Crippen LogP contribution in [0.4, 0.5) is 0 Å². The van der Waals surface area contributed by atoms with Gasteiger partial charge < -0.3 is 0 Å². The van der Waals surface area contributed by atoms with Crippen molar-refractivity contribution < 1.29 is 0 Å². The van der Waals surface area contributed by atoms with Crippen LogP contribution in [-0.2, 0) is 38.5 Å². The minimum absolute atomic E-state index is 1.13. The van der Waals surface area contributed by atoms with Crippen molar-refractivity contribution in [1.82, 2.24) is 0 Å². The molecule has 2 aromatic rings. The van der Waals surface area contributed by atoms with Crippen LogP contribution in [0.15, 0.2) is 36.4 Å². The lowest BCUT2D eigenvalue weighted by atomic mass is 9.86. The van der Waals surface area contributed by atoms with Gasteiger partial charge in [-0.05, 0) is 83.0 Å². The first kappa shape index (κ1) is 12.5. The molecule has 0 aromatic heterocycles. The van der Waals surface area contributed by atoms with Crippen LogP contribution in [0.2, 0.25) is 0 Å². The van der Waals surface area contributed by atoms with Crippen LogP contribution in [0.1, 0.15) is 44.5 Å². The lowest BCUT2D eigenvalue weighted by Crippen LogP contribution is -2.06. The molecule has 0 saturated heterocycles. The van der Waals surface area contributed by atoms with Gasteiger partial charge in [-0.3, -0.25) is 0 Å². The molecule has 0 amide bonds. The highest BCUT2D eigenvalue weighted by Gasteiger charge is 2.19. The molecular weight excluding hydrogens is 264 g/mol. The minimum Gasteiger partial charge on any atom is -0.0795 e. The van der Waals surface area contributed by atoms with E-state index < -0.39 is 0 Å². The van der Waals surface area contributed by atoms with Crippen molar-refractivity contribution in [1.29, 1.82) is 0 Å². The van der Waals surface area contributed by atoms with Crippen molar-refractivity contribution in [3.05, 3.63) is 80.9 Å². The van der Waals surface area contributed by atoms with Crippen LogP contribution in [0, 0.1) is 0 Å². The van der Waals surface area contributed by atoms with Crippen LogP contribution in [0.5, 0.6) is 0 Å². The summed E-state index contributed by atoms with van der Waals surface area (Å²) in [5.74, 6) is 0. The summed E-state index contributed by atoms with van der Waals surface area (Å²) in [4.78, 5) is 0. The molecule has 0 aliphatic heterocycles. The molecule has 0 heterocycles. The molecule has 0 fully saturated rings. The Morgan fingerprint density at radius 1 is 0.500 bits per heavy atom. The molecule has 6 rings (SSSR count). The molecule has 4 aliphatic rings. The van der Waals surface area contributed by atoms with Crippen molar-refractivity contribution in [2.24, 2.45) is 0 Å². The third kappa shape index (κ3) is 1.76. The van der Waals surface area contributed by atoms with Gasteiger partial charge in [-0.15, -0.1) is 0 Å². The second-order valence-corrected chi connectivity index (χ2v) is 6.77. The summed E-state index contributed by atoms with van der Waals surface area (Å²) in [5, 5.41) is 0. The van der Waals surface area contributed by atoms with Crippen molar-refractivity contribution in [2.75, 3.05) is 0 Å². The van der Waals surface area contributed by atoms with E-state index in [1.54, 1.807) is 22.3 Å². The van der Waals surface area contributed by atoms with Gasteiger partial charge >= 0.3 is 0 Å². The Labute approximate surface area is 132 Å². The molecule has 0 atom stereocenters. The van der Waals surface area contributed by atoms with E-state index in [0.29, 0.717) is 0 Å². The first-order chi connectivity index (χ1) is 10.9. The third-order valence-corrected chi connectivity index (χ3v) is 5.63. The molecule has 22 heavy (non-hydrogen) atoms. The summed E-state index contributed by atoms with van der Waals surface area (Å²) in [6.45, 7) is 0. The van der Waals surface area contributed by atoms with Crippen molar-refractivity contribution in [3.63, 3.8) is 0 Å². The van der Waals surface area contributed by atoms with E-state index in [2.05, 4.69) is 48.6 Å². The molecule has 0 radical (unpaired) electrons. The fraction of sp³-hybridized carbons (Fsp3) is 0.273. The van der Waals surface area contributed by atoms with Crippen LogP contribution >= 0.6 is 0 Å². The second kappa shape index (κ2) is 4.71. The maximum atomic E-state index is 2.40. The van der Waals surface area contributed by atoms with Crippen LogP contribution in [0.25, 0.3) is 12.2 Å². The first-order valence-electron chi connectivity index (χ1n) is 8.50. The highest BCUT2D eigenvalue weighted by molar-refractivity contribution is 5.68. The zero-order valence-electron chi connectivity index (χ0n) is 12.9. The molecule has 108 valence electrons. The molecule has 0 N–H and O–H groups in total. The van der Waals surface area contributed by atoms with E-state index >= 15 is 0 Å². The molecule has 0 nitrogen and oxygen atoms in total. The summed E-state index contributed by atoms with van der Waals surface area (Å²) in [6, 6.07) is 9.56. The molecule has 0 saturated carbocycles. The zero-order valence-corrected chi connectivity index (χ0v) is 12.9. The van der Waals surface area contributed by atoms with Gasteiger partial charge in [0.1, 0.15) is 0 Å². The Balaban J connectivity index is 1.67. The zero-order chi connectivity index (χ0) is 14.5. The van der Waals surface area contributed by atoms with Crippen LogP contribution in [-0.4, -0.2) is 0 Å². The van der Waals surface area contributed by atoms with Crippen LogP contribution < -0.4 is 0 Å². The van der Waals surface area contributed by atoms with Crippen LogP contribution in [0.3, 0.4) is 0 Å². The normalized spacial score (nSPS) is 17.5. The van der Waals surface area contributed by atoms with Crippen molar-refractivity contribution in [3.8, 4) is 0 Å². The van der Waals surface area contributed by atoms with Crippen molar-refractivity contribution in [2.45, 2.75) is 38.5 Å². The minimum atomic E-state index is 1.13. The quantitative estimate of drug-likeness (QED) is 0.657. The molecule has 0 unspecified atom stereocenters. The predicted molar refractivity (Wildman–Crippen MR) is 93.2 cm³/mol. The summed E-state index contributed by atoms with van der Waals surface area (Å²) in [7, 11) is 0. The standard InChI is InChI=1S/C22H20/c1-3-19-15-7-8-16(20(19)4-1)12-14-18-10-9-17(13-11-15)21-5-2-6-22(18)21/h1-3,5,7-10H,4,6,11-14H2. The van der Waals surface area contributed by atoms with E-state index in [1.807, 2.05) is 0 Å². The Hall–Kier alpha value is -2.08. The maximum absolute atomic E-state index is 2.40. The topological polar surface area (TPSA) is 0 Å². The summed E-state index contributed by atoms with van der Waals surface area (Å²) < 4.78 is 0. The van der Waals surface area contributed by atoms with E-state index in [-0.39, 0.29) is 0 Å². The van der Waals surface area contributed by atoms with Gasteiger partial charge in [0.05, 0.1) is 0 Å². The fourth-order valence-corrected chi connectivity index (χ4v) is 4.45. The number of allylic oxidation sites excluding steroid dienone is 2. The largest absolute Gasteiger partial charge is 0.0795 e. The summed E-state index contributed by atoms with van der Waals surface area (Å²) >= 11 is 0. The summed E-state index contributed by atoms with van der Waals surface area (Å²) in [5.41, 5.74) is 12.4. The van der Waals surface area contributed by atoms with Gasteiger partial charge in [0.25, 0.3) is 0 Å². The van der Waals surface area contributed by atoms with Crippen molar-refractivity contribution >= 4 is 12.2 Å². The summed E-state index contributed by atoms with van der Waals surface area (Å²) in [6.07, 6.45) is 16.3. The van der Waals surface area contributed by atoms with Gasteiger partial charge in [0.15, 0.2) is 0 Å². The average molecular weight is 284 g/mol. The number of rotatable bonds is 0. The number of hydrogen-bond acceptors (Lipinski definition) is 0. The van der Waals surface area contributed by atoms with E-state index in [4.69, 9.17) is 0 Å². The second-order valence-electron chi connectivity index (χ2n) is 6.77. The highest BCUT2D eigenvalue weighted by Crippen LogP contribution is 2.33. The van der Waals surface area contributed by atoms with E-state index in [0.717, 1.165) is 25.7 Å². The highest BCUT2D eigenvalue weighted by atomic mass is 14.2. The lowest BCUT2D eigenvalue weighted by molar-refractivity contribution is 0.894. The van der Waals surface area contributed by atoms with Gasteiger partial charge in [0.2, 0.25) is 0 Å². The molecule has 4 bridgehead atoms. The predicted octanol–water partition coefficient (Wildman–Crippen LogP) is 4.71. The number of fused-ring (bicyclic) bond motifs is 4. The Morgan fingerprint density at radius 3 is 1.41 bits per heavy atom.